The smallest absolute Gasteiger partial charge is 0.0674 e. The van der Waals surface area contributed by atoms with Gasteiger partial charge in [0.2, 0.25) is 0 Å². The minimum absolute atomic E-state index is 0.803. The molecule has 0 saturated heterocycles. The van der Waals surface area contributed by atoms with Crippen LogP contribution in [0.4, 0.5) is 0 Å². The van der Waals surface area contributed by atoms with Crippen molar-refractivity contribution >= 4 is 0 Å². The number of hydrogen-bond acceptors (Lipinski definition) is 2. The van der Waals surface area contributed by atoms with Gasteiger partial charge in [0.05, 0.1) is 6.61 Å². The Hall–Kier alpha value is -0.340. The maximum atomic E-state index is 5.45. The summed E-state index contributed by atoms with van der Waals surface area (Å²) in [6.45, 7) is 7.09. The molecular formula is C12H23NO. The standard InChI is InChI=1S/C12H23NO/c1-3-9-14-10-11(2)5-4-8-13-12-6-7-12/h5,12-13H,3-4,6-10H2,1-2H3. The molecule has 0 radical (unpaired) electrons. The maximum Gasteiger partial charge on any atom is 0.0674 e. The van der Waals surface area contributed by atoms with Gasteiger partial charge >= 0.3 is 0 Å². The van der Waals surface area contributed by atoms with Gasteiger partial charge in [0, 0.05) is 12.6 Å². The summed E-state index contributed by atoms with van der Waals surface area (Å²) >= 11 is 0. The molecule has 0 atom stereocenters. The van der Waals surface area contributed by atoms with Crippen molar-refractivity contribution < 1.29 is 4.74 Å². The molecule has 0 unspecified atom stereocenters. The minimum atomic E-state index is 0.803. The second kappa shape index (κ2) is 7.02. The summed E-state index contributed by atoms with van der Waals surface area (Å²) in [6, 6.07) is 0.833. The second-order valence-corrected chi connectivity index (χ2v) is 4.12. The van der Waals surface area contributed by atoms with Crippen molar-refractivity contribution in [1.82, 2.24) is 5.32 Å². The highest BCUT2D eigenvalue weighted by Crippen LogP contribution is 2.18. The van der Waals surface area contributed by atoms with Gasteiger partial charge < -0.3 is 10.1 Å². The van der Waals surface area contributed by atoms with E-state index >= 15 is 0 Å². The molecule has 0 aromatic carbocycles. The van der Waals surface area contributed by atoms with Crippen molar-refractivity contribution in [1.29, 1.82) is 0 Å². The molecule has 2 nitrogen and oxygen atoms in total. The summed E-state index contributed by atoms with van der Waals surface area (Å²) in [4.78, 5) is 0. The number of ether oxygens (including phenoxy) is 1. The highest BCUT2D eigenvalue weighted by Gasteiger charge is 2.19. The van der Waals surface area contributed by atoms with Crippen LogP contribution in [0.2, 0.25) is 0 Å². The van der Waals surface area contributed by atoms with Gasteiger partial charge in [-0.05, 0) is 39.2 Å². The lowest BCUT2D eigenvalue weighted by Gasteiger charge is -2.03. The van der Waals surface area contributed by atoms with Crippen molar-refractivity contribution in [3.63, 3.8) is 0 Å². The first-order chi connectivity index (χ1) is 6.83. The van der Waals surface area contributed by atoms with E-state index in [0.29, 0.717) is 0 Å². The first-order valence-electron chi connectivity index (χ1n) is 5.79. The van der Waals surface area contributed by atoms with Crippen molar-refractivity contribution in [3.05, 3.63) is 11.6 Å². The zero-order valence-corrected chi connectivity index (χ0v) is 9.51. The Morgan fingerprint density at radius 1 is 1.50 bits per heavy atom. The van der Waals surface area contributed by atoms with Crippen molar-refractivity contribution in [2.75, 3.05) is 19.8 Å². The highest BCUT2D eigenvalue weighted by molar-refractivity contribution is 4.98. The SMILES string of the molecule is CCCOCC(C)=CCCNC1CC1. The van der Waals surface area contributed by atoms with E-state index in [1.807, 2.05) is 0 Å². The highest BCUT2D eigenvalue weighted by atomic mass is 16.5. The van der Waals surface area contributed by atoms with Crippen LogP contribution >= 0.6 is 0 Å². The first kappa shape index (κ1) is 11.7. The van der Waals surface area contributed by atoms with Gasteiger partial charge in [-0.1, -0.05) is 18.6 Å². The Kier molecular flexibility index (Phi) is 5.88. The van der Waals surface area contributed by atoms with E-state index in [4.69, 9.17) is 4.74 Å². The third-order valence-electron chi connectivity index (χ3n) is 2.33. The fourth-order valence-corrected chi connectivity index (χ4v) is 1.33. The van der Waals surface area contributed by atoms with E-state index in [2.05, 4.69) is 25.2 Å². The molecule has 14 heavy (non-hydrogen) atoms. The van der Waals surface area contributed by atoms with Gasteiger partial charge in [-0.15, -0.1) is 0 Å². The van der Waals surface area contributed by atoms with Crippen molar-refractivity contribution in [3.8, 4) is 0 Å². The van der Waals surface area contributed by atoms with E-state index in [1.165, 1.54) is 18.4 Å². The van der Waals surface area contributed by atoms with E-state index < -0.39 is 0 Å². The van der Waals surface area contributed by atoms with E-state index in [-0.39, 0.29) is 0 Å². The Balaban J connectivity index is 1.91. The fourth-order valence-electron chi connectivity index (χ4n) is 1.33. The molecule has 1 saturated carbocycles. The predicted octanol–water partition coefficient (Wildman–Crippen LogP) is 2.50. The molecule has 1 fully saturated rings. The number of rotatable bonds is 8. The summed E-state index contributed by atoms with van der Waals surface area (Å²) in [5.74, 6) is 0. The quantitative estimate of drug-likeness (QED) is 0.477. The zero-order valence-electron chi connectivity index (χ0n) is 9.51. The molecule has 82 valence electrons. The first-order valence-corrected chi connectivity index (χ1v) is 5.79. The lowest BCUT2D eigenvalue weighted by molar-refractivity contribution is 0.156. The van der Waals surface area contributed by atoms with Gasteiger partial charge in [-0.2, -0.15) is 0 Å². The average Bonchev–Trinajstić information content (AvgIpc) is 2.97. The van der Waals surface area contributed by atoms with Crippen LogP contribution in [-0.2, 0) is 4.74 Å². The molecule has 0 spiro atoms. The number of hydrogen-bond donors (Lipinski definition) is 1. The van der Waals surface area contributed by atoms with Crippen LogP contribution in [0.1, 0.15) is 39.5 Å². The molecule has 0 aliphatic heterocycles. The molecule has 1 rings (SSSR count). The zero-order chi connectivity index (χ0) is 10.2. The Labute approximate surface area is 87.7 Å². The lowest BCUT2D eigenvalue weighted by Crippen LogP contribution is -2.16. The summed E-state index contributed by atoms with van der Waals surface area (Å²) in [5.41, 5.74) is 1.36. The van der Waals surface area contributed by atoms with Gasteiger partial charge in [-0.25, -0.2) is 0 Å². The van der Waals surface area contributed by atoms with Crippen LogP contribution in [0.5, 0.6) is 0 Å². The molecule has 1 aliphatic carbocycles. The largest absolute Gasteiger partial charge is 0.377 e. The van der Waals surface area contributed by atoms with E-state index in [1.54, 1.807) is 0 Å². The number of nitrogens with one attached hydrogen (secondary N) is 1. The van der Waals surface area contributed by atoms with E-state index in [9.17, 15) is 0 Å². The Morgan fingerprint density at radius 2 is 2.29 bits per heavy atom. The average molecular weight is 197 g/mol. The molecule has 0 aromatic rings. The summed E-state index contributed by atoms with van der Waals surface area (Å²) in [5, 5.41) is 3.49. The van der Waals surface area contributed by atoms with Crippen LogP contribution < -0.4 is 5.32 Å². The molecule has 0 amide bonds. The third kappa shape index (κ3) is 6.17. The van der Waals surface area contributed by atoms with Crippen molar-refractivity contribution in [2.45, 2.75) is 45.6 Å². The van der Waals surface area contributed by atoms with Gasteiger partial charge in [0.15, 0.2) is 0 Å². The van der Waals surface area contributed by atoms with Crippen LogP contribution in [-0.4, -0.2) is 25.8 Å². The molecule has 2 heteroatoms. The molecule has 1 N–H and O–H groups in total. The maximum absolute atomic E-state index is 5.45. The molecule has 0 heterocycles. The second-order valence-electron chi connectivity index (χ2n) is 4.12. The summed E-state index contributed by atoms with van der Waals surface area (Å²) < 4.78 is 5.45. The third-order valence-corrected chi connectivity index (χ3v) is 2.33. The molecule has 1 aliphatic rings. The van der Waals surface area contributed by atoms with Crippen LogP contribution in [0.25, 0.3) is 0 Å². The molecule has 0 aromatic heterocycles. The Bertz CT molecular complexity index is 173. The van der Waals surface area contributed by atoms with Crippen LogP contribution in [0.15, 0.2) is 11.6 Å². The fraction of sp³-hybridized carbons (Fsp3) is 0.833. The normalized spacial score (nSPS) is 17.4. The Morgan fingerprint density at radius 3 is 2.93 bits per heavy atom. The van der Waals surface area contributed by atoms with Gasteiger partial charge in [-0.3, -0.25) is 0 Å². The predicted molar refractivity (Wildman–Crippen MR) is 60.5 cm³/mol. The van der Waals surface area contributed by atoms with Crippen LogP contribution in [0, 0.1) is 0 Å². The van der Waals surface area contributed by atoms with Crippen molar-refractivity contribution in [2.24, 2.45) is 0 Å². The monoisotopic (exact) mass is 197 g/mol. The van der Waals surface area contributed by atoms with Gasteiger partial charge in [0.1, 0.15) is 0 Å². The summed E-state index contributed by atoms with van der Waals surface area (Å²) in [6.07, 6.45) is 7.28. The van der Waals surface area contributed by atoms with Crippen LogP contribution in [0.3, 0.4) is 0 Å². The minimum Gasteiger partial charge on any atom is -0.377 e. The lowest BCUT2D eigenvalue weighted by atomic mass is 10.2. The molecule has 0 bridgehead atoms. The van der Waals surface area contributed by atoms with Gasteiger partial charge in [0.25, 0.3) is 0 Å². The van der Waals surface area contributed by atoms with E-state index in [0.717, 1.165) is 38.6 Å². The topological polar surface area (TPSA) is 21.3 Å². The summed E-state index contributed by atoms with van der Waals surface area (Å²) in [7, 11) is 0. The molecular weight excluding hydrogens is 174 g/mol.